The highest BCUT2D eigenvalue weighted by Crippen LogP contribution is 2.38. The van der Waals surface area contributed by atoms with Crippen LogP contribution in [0.1, 0.15) is 27.7 Å². The first-order chi connectivity index (χ1) is 16.2. The number of hydrogen-bond acceptors (Lipinski definition) is 5. The van der Waals surface area contributed by atoms with Crippen molar-refractivity contribution in [2.75, 3.05) is 46.0 Å². The van der Waals surface area contributed by atoms with Gasteiger partial charge in [0.25, 0.3) is 5.91 Å². The number of quaternary nitrogens is 1. The summed E-state index contributed by atoms with van der Waals surface area (Å²) in [6.45, 7) is 8.62. The minimum absolute atomic E-state index is 0.137. The molecule has 0 unspecified atom stereocenters. The molecule has 3 heterocycles. The lowest BCUT2D eigenvalue weighted by Crippen LogP contribution is -3.14. The van der Waals surface area contributed by atoms with Crippen molar-refractivity contribution < 1.29 is 23.6 Å². The summed E-state index contributed by atoms with van der Waals surface area (Å²) in [5.41, 5.74) is 1.49. The first kappa shape index (κ1) is 21.4. The molecule has 1 amide bonds. The second-order valence-electron chi connectivity index (χ2n) is 8.36. The molecule has 1 saturated heterocycles. The molecule has 2 aromatic carbocycles. The molecule has 1 aromatic heterocycles. The van der Waals surface area contributed by atoms with Gasteiger partial charge in [0.1, 0.15) is 31.0 Å². The van der Waals surface area contributed by atoms with Gasteiger partial charge >= 0.3 is 0 Å². The van der Waals surface area contributed by atoms with E-state index in [2.05, 4.69) is 6.58 Å². The molecule has 33 heavy (non-hydrogen) atoms. The largest absolute Gasteiger partial charge is 0.490 e. The van der Waals surface area contributed by atoms with Crippen LogP contribution in [-0.4, -0.2) is 56.8 Å². The average Bonchev–Trinajstić information content (AvgIpc) is 3.14. The van der Waals surface area contributed by atoms with Gasteiger partial charge in [0.05, 0.1) is 43.3 Å². The fourth-order valence-electron chi connectivity index (χ4n) is 4.66. The normalized spacial score (nSPS) is 18.5. The number of amides is 1. The molecule has 1 N–H and O–H groups in total. The SMILES string of the molecule is C=CCOc1cccc([C@H]2c3c(oc4ccccc4c3=O)C(=O)N2CC[NH+]2CCOCC2)c1. The van der Waals surface area contributed by atoms with Crippen LogP contribution < -0.4 is 15.1 Å². The van der Waals surface area contributed by atoms with Crippen LogP contribution in [0.5, 0.6) is 5.75 Å². The lowest BCUT2D eigenvalue weighted by atomic mass is 9.98. The van der Waals surface area contributed by atoms with Crippen LogP contribution in [0.3, 0.4) is 0 Å². The Hall–Kier alpha value is -3.42. The molecule has 0 spiro atoms. The summed E-state index contributed by atoms with van der Waals surface area (Å²) in [5.74, 6) is 0.554. The predicted octanol–water partition coefficient (Wildman–Crippen LogP) is 1.82. The van der Waals surface area contributed by atoms with Crippen molar-refractivity contribution >= 4 is 16.9 Å². The molecule has 3 aromatic rings. The molecule has 2 aliphatic rings. The Morgan fingerprint density at radius 3 is 2.76 bits per heavy atom. The van der Waals surface area contributed by atoms with E-state index in [0.717, 1.165) is 38.4 Å². The Labute approximate surface area is 191 Å². The summed E-state index contributed by atoms with van der Waals surface area (Å²) in [6, 6.07) is 14.1. The van der Waals surface area contributed by atoms with E-state index in [1.165, 1.54) is 4.90 Å². The summed E-state index contributed by atoms with van der Waals surface area (Å²) in [6.07, 6.45) is 1.68. The molecule has 7 nitrogen and oxygen atoms in total. The van der Waals surface area contributed by atoms with Crippen molar-refractivity contribution in [3.63, 3.8) is 0 Å². The number of ether oxygens (including phenoxy) is 2. The van der Waals surface area contributed by atoms with Gasteiger partial charge in [-0.3, -0.25) is 9.59 Å². The number of hydrogen-bond donors (Lipinski definition) is 1. The van der Waals surface area contributed by atoms with Crippen LogP contribution in [-0.2, 0) is 4.74 Å². The molecule has 2 aliphatic heterocycles. The van der Waals surface area contributed by atoms with Gasteiger partial charge in [-0.1, -0.05) is 36.9 Å². The number of carbonyl (C=O) groups is 1. The minimum atomic E-state index is -0.527. The van der Waals surface area contributed by atoms with Crippen molar-refractivity contribution in [1.82, 2.24) is 4.90 Å². The molecule has 170 valence electrons. The van der Waals surface area contributed by atoms with Crippen LogP contribution in [0.2, 0.25) is 0 Å². The average molecular weight is 448 g/mol. The van der Waals surface area contributed by atoms with Crippen molar-refractivity contribution in [1.29, 1.82) is 0 Å². The van der Waals surface area contributed by atoms with Crippen molar-refractivity contribution in [3.05, 3.63) is 88.3 Å². The van der Waals surface area contributed by atoms with Crippen LogP contribution in [0.15, 0.2) is 70.4 Å². The van der Waals surface area contributed by atoms with Gasteiger partial charge in [0.2, 0.25) is 5.76 Å². The van der Waals surface area contributed by atoms with Gasteiger partial charge in [-0.25, -0.2) is 0 Å². The number of morpholine rings is 1. The predicted molar refractivity (Wildman–Crippen MR) is 124 cm³/mol. The molecule has 1 fully saturated rings. The van der Waals surface area contributed by atoms with E-state index < -0.39 is 6.04 Å². The van der Waals surface area contributed by atoms with E-state index in [-0.39, 0.29) is 17.1 Å². The van der Waals surface area contributed by atoms with E-state index in [4.69, 9.17) is 13.9 Å². The highest BCUT2D eigenvalue weighted by Gasteiger charge is 2.43. The summed E-state index contributed by atoms with van der Waals surface area (Å²) in [7, 11) is 0. The van der Waals surface area contributed by atoms with Crippen molar-refractivity contribution in [2.24, 2.45) is 0 Å². The third-order valence-corrected chi connectivity index (χ3v) is 6.32. The number of para-hydroxylation sites is 1. The number of nitrogens with zero attached hydrogens (tertiary/aromatic N) is 1. The molecule has 0 bridgehead atoms. The van der Waals surface area contributed by atoms with Crippen LogP contribution in [0.25, 0.3) is 11.0 Å². The maximum absolute atomic E-state index is 13.6. The molecule has 0 saturated carbocycles. The summed E-state index contributed by atoms with van der Waals surface area (Å²) < 4.78 is 17.2. The van der Waals surface area contributed by atoms with Gasteiger partial charge in [-0.05, 0) is 29.8 Å². The highest BCUT2D eigenvalue weighted by molar-refractivity contribution is 5.99. The Morgan fingerprint density at radius 1 is 1.12 bits per heavy atom. The number of benzene rings is 2. The molecule has 1 atom stereocenters. The molecule has 7 heteroatoms. The number of fused-ring (bicyclic) bond motifs is 2. The molecule has 0 radical (unpaired) electrons. The summed E-state index contributed by atoms with van der Waals surface area (Å²) in [5, 5.41) is 0.480. The smallest absolute Gasteiger partial charge is 0.291 e. The molecule has 0 aliphatic carbocycles. The summed E-state index contributed by atoms with van der Waals surface area (Å²) >= 11 is 0. The number of nitrogens with one attached hydrogen (secondary N) is 1. The zero-order valence-corrected chi connectivity index (χ0v) is 18.4. The second kappa shape index (κ2) is 9.21. The third kappa shape index (κ3) is 4.05. The van der Waals surface area contributed by atoms with Crippen molar-refractivity contribution in [2.45, 2.75) is 6.04 Å². The Morgan fingerprint density at radius 2 is 1.94 bits per heavy atom. The lowest BCUT2D eigenvalue weighted by Gasteiger charge is -2.29. The van der Waals surface area contributed by atoms with E-state index in [0.29, 0.717) is 35.4 Å². The van der Waals surface area contributed by atoms with E-state index in [1.54, 1.807) is 35.2 Å². The first-order valence-electron chi connectivity index (χ1n) is 11.3. The minimum Gasteiger partial charge on any atom is -0.490 e. The highest BCUT2D eigenvalue weighted by atomic mass is 16.5. The number of rotatable bonds is 7. The third-order valence-electron chi connectivity index (χ3n) is 6.32. The monoisotopic (exact) mass is 447 g/mol. The lowest BCUT2D eigenvalue weighted by molar-refractivity contribution is -0.907. The zero-order chi connectivity index (χ0) is 22.8. The zero-order valence-electron chi connectivity index (χ0n) is 18.4. The van der Waals surface area contributed by atoms with Gasteiger partial charge < -0.3 is 23.7 Å². The molecular formula is C26H27N2O5+. The number of carbonyl (C=O) groups excluding carboxylic acids is 1. The first-order valence-corrected chi connectivity index (χ1v) is 11.3. The van der Waals surface area contributed by atoms with E-state index >= 15 is 0 Å². The van der Waals surface area contributed by atoms with Gasteiger partial charge in [0.15, 0.2) is 5.43 Å². The molecular weight excluding hydrogens is 420 g/mol. The standard InChI is InChI=1S/C26H26N2O5/c1-2-14-32-19-7-5-6-18(17-19)23-22-24(29)20-8-3-4-9-21(20)33-25(22)26(30)28(23)11-10-27-12-15-31-16-13-27/h2-9,17,23H,1,10-16H2/p+1/t23-/m0/s1. The Kier molecular flexibility index (Phi) is 5.98. The fraction of sp³-hybridized carbons (Fsp3) is 0.308. The fourth-order valence-corrected chi connectivity index (χ4v) is 4.66. The Bertz CT molecular complexity index is 1240. The topological polar surface area (TPSA) is 73.4 Å². The Balaban J connectivity index is 1.58. The van der Waals surface area contributed by atoms with Crippen LogP contribution in [0.4, 0.5) is 0 Å². The van der Waals surface area contributed by atoms with Gasteiger partial charge in [-0.15, -0.1) is 0 Å². The summed E-state index contributed by atoms with van der Waals surface area (Å²) in [4.78, 5) is 30.2. The van der Waals surface area contributed by atoms with Crippen molar-refractivity contribution in [3.8, 4) is 5.75 Å². The van der Waals surface area contributed by atoms with E-state index in [9.17, 15) is 9.59 Å². The molecule has 5 rings (SSSR count). The quantitative estimate of drug-likeness (QED) is 0.560. The van der Waals surface area contributed by atoms with Crippen LogP contribution in [0, 0.1) is 0 Å². The van der Waals surface area contributed by atoms with E-state index in [1.807, 2.05) is 24.3 Å². The second-order valence-corrected chi connectivity index (χ2v) is 8.36. The maximum Gasteiger partial charge on any atom is 0.291 e. The maximum atomic E-state index is 13.6. The van der Waals surface area contributed by atoms with Crippen LogP contribution >= 0.6 is 0 Å². The van der Waals surface area contributed by atoms with Gasteiger partial charge in [0, 0.05) is 0 Å². The van der Waals surface area contributed by atoms with Gasteiger partial charge in [-0.2, -0.15) is 0 Å².